The summed E-state index contributed by atoms with van der Waals surface area (Å²) in [5, 5.41) is 0. The fourth-order valence-electron chi connectivity index (χ4n) is 2.22. The van der Waals surface area contributed by atoms with Crippen molar-refractivity contribution >= 4 is 11.9 Å². The zero-order chi connectivity index (χ0) is 18.1. The molecule has 1 aromatic rings. The number of aryl methyl sites for hydroxylation is 1. The van der Waals surface area contributed by atoms with Gasteiger partial charge in [0.25, 0.3) is 0 Å². The number of rotatable bonds is 9. The van der Waals surface area contributed by atoms with Gasteiger partial charge >= 0.3 is 11.9 Å². The van der Waals surface area contributed by atoms with Crippen LogP contribution in [0, 0.1) is 11.8 Å². The van der Waals surface area contributed by atoms with Gasteiger partial charge in [0.15, 0.2) is 0 Å². The normalized spacial score (nSPS) is 11.0. The lowest BCUT2D eigenvalue weighted by Crippen LogP contribution is -2.19. The number of carbonyl (C=O) groups is 2. The van der Waals surface area contributed by atoms with Gasteiger partial charge in [0, 0.05) is 0 Å². The molecule has 0 fully saturated rings. The lowest BCUT2D eigenvalue weighted by atomic mass is 9.97. The molecule has 0 aliphatic carbocycles. The molecular weight excluding hydrogens is 304 g/mol. The van der Waals surface area contributed by atoms with Crippen LogP contribution in [0.4, 0.5) is 0 Å². The molecule has 1 aromatic carbocycles. The van der Waals surface area contributed by atoms with Crippen LogP contribution in [0.3, 0.4) is 0 Å². The summed E-state index contributed by atoms with van der Waals surface area (Å²) in [4.78, 5) is 25.0. The quantitative estimate of drug-likeness (QED) is 0.617. The Morgan fingerprint density at radius 3 is 2.08 bits per heavy atom. The molecule has 0 aliphatic rings. The van der Waals surface area contributed by atoms with E-state index in [9.17, 15) is 9.59 Å². The van der Waals surface area contributed by atoms with E-state index < -0.39 is 11.9 Å². The minimum atomic E-state index is -0.460. The van der Waals surface area contributed by atoms with E-state index in [2.05, 4.69) is 6.92 Å². The zero-order valence-electron chi connectivity index (χ0n) is 15.6. The summed E-state index contributed by atoms with van der Waals surface area (Å²) in [7, 11) is 0. The van der Waals surface area contributed by atoms with Crippen LogP contribution in [0.25, 0.3) is 0 Å². The van der Waals surface area contributed by atoms with E-state index in [-0.39, 0.29) is 11.8 Å². The van der Waals surface area contributed by atoms with E-state index in [1.807, 2.05) is 33.8 Å². The molecule has 0 saturated heterocycles. The molecule has 0 radical (unpaired) electrons. The standard InChI is InChI=1S/C20H30O4/c1-6-7-9-16-10-8-11-17(19(21)23-12-14(2)3)18(16)20(22)24-13-15(4)5/h8,10-11,14-15H,6-7,9,12-13H2,1-5H3. The van der Waals surface area contributed by atoms with Crippen LogP contribution in [0.15, 0.2) is 18.2 Å². The molecule has 24 heavy (non-hydrogen) atoms. The Morgan fingerprint density at radius 1 is 0.958 bits per heavy atom. The fraction of sp³-hybridized carbons (Fsp3) is 0.600. The molecule has 0 bridgehead atoms. The third-order valence-corrected chi connectivity index (χ3v) is 3.47. The number of hydrogen-bond acceptors (Lipinski definition) is 4. The third kappa shape index (κ3) is 6.34. The van der Waals surface area contributed by atoms with E-state index in [4.69, 9.17) is 9.47 Å². The number of esters is 2. The van der Waals surface area contributed by atoms with Gasteiger partial charge in [-0.25, -0.2) is 9.59 Å². The van der Waals surface area contributed by atoms with Crippen LogP contribution >= 0.6 is 0 Å². The van der Waals surface area contributed by atoms with Gasteiger partial charge in [-0.15, -0.1) is 0 Å². The largest absolute Gasteiger partial charge is 0.462 e. The highest BCUT2D eigenvalue weighted by molar-refractivity contribution is 6.04. The van der Waals surface area contributed by atoms with Crippen molar-refractivity contribution in [3.05, 3.63) is 34.9 Å². The summed E-state index contributed by atoms with van der Waals surface area (Å²) in [5.41, 5.74) is 1.52. The highest BCUT2D eigenvalue weighted by Gasteiger charge is 2.23. The summed E-state index contributed by atoms with van der Waals surface area (Å²) >= 11 is 0. The Balaban J connectivity index is 3.11. The Labute approximate surface area is 145 Å². The van der Waals surface area contributed by atoms with Gasteiger partial charge < -0.3 is 9.47 Å². The first-order valence-corrected chi connectivity index (χ1v) is 8.82. The molecule has 0 atom stereocenters. The molecule has 4 nitrogen and oxygen atoms in total. The predicted molar refractivity (Wildman–Crippen MR) is 95.3 cm³/mol. The average Bonchev–Trinajstić information content (AvgIpc) is 2.55. The van der Waals surface area contributed by atoms with Crippen molar-refractivity contribution in [2.24, 2.45) is 11.8 Å². The second kappa shape index (κ2) is 10.1. The first-order valence-electron chi connectivity index (χ1n) is 8.82. The van der Waals surface area contributed by atoms with Gasteiger partial charge in [-0.3, -0.25) is 0 Å². The number of benzene rings is 1. The topological polar surface area (TPSA) is 52.6 Å². The molecule has 0 unspecified atom stereocenters. The molecule has 0 saturated carbocycles. The molecule has 4 heteroatoms. The van der Waals surface area contributed by atoms with Gasteiger partial charge in [-0.05, 0) is 36.3 Å². The van der Waals surface area contributed by atoms with E-state index in [1.54, 1.807) is 12.1 Å². The molecule has 0 amide bonds. The van der Waals surface area contributed by atoms with E-state index in [0.29, 0.717) is 24.3 Å². The van der Waals surface area contributed by atoms with Crippen molar-refractivity contribution in [1.82, 2.24) is 0 Å². The summed E-state index contributed by atoms with van der Waals surface area (Å²) < 4.78 is 10.7. The van der Waals surface area contributed by atoms with Crippen molar-refractivity contribution in [3.63, 3.8) is 0 Å². The number of unbranched alkanes of at least 4 members (excludes halogenated alkanes) is 1. The zero-order valence-corrected chi connectivity index (χ0v) is 15.6. The van der Waals surface area contributed by atoms with Crippen molar-refractivity contribution in [1.29, 1.82) is 0 Å². The van der Waals surface area contributed by atoms with Gasteiger partial charge in [0.05, 0.1) is 24.3 Å². The Kier molecular flexibility index (Phi) is 8.51. The fourth-order valence-corrected chi connectivity index (χ4v) is 2.22. The van der Waals surface area contributed by atoms with Crippen molar-refractivity contribution in [2.75, 3.05) is 13.2 Å². The Bertz CT molecular complexity index is 547. The smallest absolute Gasteiger partial charge is 0.339 e. The van der Waals surface area contributed by atoms with Crippen molar-refractivity contribution in [3.8, 4) is 0 Å². The van der Waals surface area contributed by atoms with Crippen molar-refractivity contribution < 1.29 is 19.1 Å². The minimum absolute atomic E-state index is 0.244. The van der Waals surface area contributed by atoms with Gasteiger partial charge in [-0.2, -0.15) is 0 Å². The van der Waals surface area contributed by atoms with Crippen LogP contribution < -0.4 is 0 Å². The third-order valence-electron chi connectivity index (χ3n) is 3.47. The molecule has 0 aromatic heterocycles. The Hall–Kier alpha value is -1.84. The van der Waals surface area contributed by atoms with Crippen LogP contribution in [-0.4, -0.2) is 25.2 Å². The summed E-state index contributed by atoms with van der Waals surface area (Å²) in [6.07, 6.45) is 2.71. The van der Waals surface area contributed by atoms with Gasteiger partial charge in [-0.1, -0.05) is 53.2 Å². The molecule has 1 rings (SSSR count). The predicted octanol–water partition coefficient (Wildman–Crippen LogP) is 4.65. The van der Waals surface area contributed by atoms with E-state index in [1.165, 1.54) is 0 Å². The molecule has 134 valence electrons. The maximum absolute atomic E-state index is 12.6. The molecule has 0 spiro atoms. The summed E-state index contributed by atoms with van der Waals surface area (Å²) in [5.74, 6) is -0.410. The SMILES string of the molecule is CCCCc1cccc(C(=O)OCC(C)C)c1C(=O)OCC(C)C. The monoisotopic (exact) mass is 334 g/mol. The average molecular weight is 334 g/mol. The number of hydrogen-bond donors (Lipinski definition) is 0. The molecule has 0 N–H and O–H groups in total. The van der Waals surface area contributed by atoms with Gasteiger partial charge in [0.2, 0.25) is 0 Å². The highest BCUT2D eigenvalue weighted by atomic mass is 16.5. The number of carbonyl (C=O) groups excluding carboxylic acids is 2. The maximum atomic E-state index is 12.6. The first kappa shape index (κ1) is 20.2. The highest BCUT2D eigenvalue weighted by Crippen LogP contribution is 2.20. The second-order valence-electron chi connectivity index (χ2n) is 6.93. The van der Waals surface area contributed by atoms with Crippen LogP contribution in [-0.2, 0) is 15.9 Å². The van der Waals surface area contributed by atoms with Crippen molar-refractivity contribution in [2.45, 2.75) is 53.9 Å². The summed E-state index contributed by atoms with van der Waals surface area (Å²) in [6, 6.07) is 5.33. The Morgan fingerprint density at radius 2 is 1.54 bits per heavy atom. The minimum Gasteiger partial charge on any atom is -0.462 e. The van der Waals surface area contributed by atoms with E-state index in [0.717, 1.165) is 24.8 Å². The molecular formula is C20H30O4. The van der Waals surface area contributed by atoms with Crippen LogP contribution in [0.1, 0.15) is 73.7 Å². The van der Waals surface area contributed by atoms with E-state index >= 15 is 0 Å². The summed E-state index contributed by atoms with van der Waals surface area (Å²) in [6.45, 7) is 10.7. The number of ether oxygens (including phenoxy) is 2. The molecule has 0 heterocycles. The van der Waals surface area contributed by atoms with Crippen LogP contribution in [0.2, 0.25) is 0 Å². The molecule has 0 aliphatic heterocycles. The lowest BCUT2D eigenvalue weighted by molar-refractivity contribution is 0.0411. The van der Waals surface area contributed by atoms with Crippen LogP contribution in [0.5, 0.6) is 0 Å². The first-order chi connectivity index (χ1) is 11.4. The maximum Gasteiger partial charge on any atom is 0.339 e. The van der Waals surface area contributed by atoms with Gasteiger partial charge in [0.1, 0.15) is 0 Å². The lowest BCUT2D eigenvalue weighted by Gasteiger charge is -2.15. The second-order valence-corrected chi connectivity index (χ2v) is 6.93.